The lowest BCUT2D eigenvalue weighted by molar-refractivity contribution is 0.188. The predicted octanol–water partition coefficient (Wildman–Crippen LogP) is 4.60. The van der Waals surface area contributed by atoms with E-state index in [9.17, 15) is 4.79 Å². The van der Waals surface area contributed by atoms with Crippen molar-refractivity contribution in [1.29, 1.82) is 0 Å². The largest absolute Gasteiger partial charge is 0.322 e. The summed E-state index contributed by atoms with van der Waals surface area (Å²) in [4.78, 5) is 14.4. The Morgan fingerprint density at radius 2 is 1.90 bits per heavy atom. The van der Waals surface area contributed by atoms with Crippen molar-refractivity contribution in [3.05, 3.63) is 64.1 Å². The highest BCUT2D eigenvalue weighted by Crippen LogP contribution is 2.29. The summed E-state index contributed by atoms with van der Waals surface area (Å²) < 4.78 is 1.00. The monoisotopic (exact) mass is 344 g/mol. The molecule has 21 heavy (non-hydrogen) atoms. The molecule has 0 radical (unpaired) electrons. The fourth-order valence-electron chi connectivity index (χ4n) is 2.78. The summed E-state index contributed by atoms with van der Waals surface area (Å²) >= 11 is 3.39. The van der Waals surface area contributed by atoms with Crippen molar-refractivity contribution in [3.63, 3.8) is 0 Å². The predicted molar refractivity (Wildman–Crippen MR) is 88.4 cm³/mol. The molecule has 3 rings (SSSR count). The molecule has 4 heteroatoms. The first-order chi connectivity index (χ1) is 10.1. The van der Waals surface area contributed by atoms with E-state index in [4.69, 9.17) is 0 Å². The molecule has 1 aliphatic heterocycles. The number of fused-ring (bicyclic) bond motifs is 1. The van der Waals surface area contributed by atoms with E-state index in [2.05, 4.69) is 46.4 Å². The number of hydrogen-bond donors (Lipinski definition) is 1. The minimum absolute atomic E-state index is 0.0423. The molecule has 1 N–H and O–H groups in total. The van der Waals surface area contributed by atoms with Gasteiger partial charge in [-0.3, -0.25) is 0 Å². The third-order valence-corrected chi connectivity index (χ3v) is 4.48. The highest BCUT2D eigenvalue weighted by Gasteiger charge is 2.27. The molecular weight excluding hydrogens is 328 g/mol. The smallest absolute Gasteiger partial charge is 0.317 e. The Morgan fingerprint density at radius 3 is 2.67 bits per heavy atom. The van der Waals surface area contributed by atoms with E-state index < -0.39 is 0 Å². The van der Waals surface area contributed by atoms with Crippen molar-refractivity contribution in [2.75, 3.05) is 11.9 Å². The number of carbonyl (C=O) groups excluding carboxylic acids is 1. The lowest BCUT2D eigenvalue weighted by Crippen LogP contribution is -2.41. The van der Waals surface area contributed by atoms with Crippen molar-refractivity contribution in [2.24, 2.45) is 0 Å². The number of nitrogens with one attached hydrogen (secondary N) is 1. The standard InChI is InChI=1S/C17H17BrN2O/c1-12-16-5-3-2-4-13(16)10-11-20(12)17(21)19-15-8-6-14(18)7-9-15/h2-9,12H,10-11H2,1H3,(H,19,21). The fraction of sp³-hybridized carbons (Fsp3) is 0.235. The Morgan fingerprint density at radius 1 is 1.19 bits per heavy atom. The van der Waals surface area contributed by atoms with Crippen molar-refractivity contribution in [1.82, 2.24) is 4.90 Å². The van der Waals surface area contributed by atoms with Gasteiger partial charge < -0.3 is 10.2 Å². The van der Waals surface area contributed by atoms with Gasteiger partial charge in [0.25, 0.3) is 0 Å². The molecule has 2 aromatic carbocycles. The molecule has 0 aliphatic carbocycles. The molecule has 0 saturated carbocycles. The third kappa shape index (κ3) is 2.95. The van der Waals surface area contributed by atoms with Crippen LogP contribution in [0.1, 0.15) is 24.1 Å². The Kier molecular flexibility index (Phi) is 3.97. The van der Waals surface area contributed by atoms with Crippen LogP contribution in [0.4, 0.5) is 10.5 Å². The molecule has 0 saturated heterocycles. The van der Waals surface area contributed by atoms with Gasteiger partial charge in [-0.15, -0.1) is 0 Å². The summed E-state index contributed by atoms with van der Waals surface area (Å²) in [5.74, 6) is 0. The van der Waals surface area contributed by atoms with Crippen molar-refractivity contribution in [3.8, 4) is 0 Å². The average molecular weight is 345 g/mol. The Bertz CT molecular complexity index is 654. The van der Waals surface area contributed by atoms with Crippen molar-refractivity contribution >= 4 is 27.6 Å². The van der Waals surface area contributed by atoms with Crippen molar-refractivity contribution < 1.29 is 4.79 Å². The molecule has 0 bridgehead atoms. The van der Waals surface area contributed by atoms with Gasteiger partial charge in [-0.05, 0) is 48.7 Å². The summed E-state index contributed by atoms with van der Waals surface area (Å²) in [5, 5.41) is 2.97. The van der Waals surface area contributed by atoms with E-state index in [0.29, 0.717) is 0 Å². The molecule has 2 aromatic rings. The van der Waals surface area contributed by atoms with Gasteiger partial charge >= 0.3 is 6.03 Å². The van der Waals surface area contributed by atoms with E-state index >= 15 is 0 Å². The molecule has 1 atom stereocenters. The highest BCUT2D eigenvalue weighted by atomic mass is 79.9. The maximum absolute atomic E-state index is 12.5. The second kappa shape index (κ2) is 5.90. The molecule has 3 nitrogen and oxygen atoms in total. The molecule has 1 unspecified atom stereocenters. The zero-order chi connectivity index (χ0) is 14.8. The number of benzene rings is 2. The lowest BCUT2D eigenvalue weighted by Gasteiger charge is -2.35. The minimum atomic E-state index is -0.0423. The summed E-state index contributed by atoms with van der Waals surface area (Å²) in [6, 6.07) is 16.0. The van der Waals surface area contributed by atoms with Gasteiger partial charge in [0.05, 0.1) is 6.04 Å². The maximum atomic E-state index is 12.5. The van der Waals surface area contributed by atoms with Gasteiger partial charge in [-0.25, -0.2) is 4.79 Å². The zero-order valence-electron chi connectivity index (χ0n) is 11.8. The summed E-state index contributed by atoms with van der Waals surface area (Å²) in [7, 11) is 0. The second-order valence-corrected chi connectivity index (χ2v) is 6.17. The topological polar surface area (TPSA) is 32.3 Å². The van der Waals surface area contributed by atoms with Crippen LogP contribution in [0.3, 0.4) is 0 Å². The average Bonchev–Trinajstić information content (AvgIpc) is 2.50. The van der Waals surface area contributed by atoms with Crippen LogP contribution >= 0.6 is 15.9 Å². The van der Waals surface area contributed by atoms with Gasteiger partial charge in [0, 0.05) is 16.7 Å². The first-order valence-corrected chi connectivity index (χ1v) is 7.85. The summed E-state index contributed by atoms with van der Waals surface area (Å²) in [6.07, 6.45) is 0.911. The Balaban J connectivity index is 1.75. The number of urea groups is 1. The first-order valence-electron chi connectivity index (χ1n) is 7.06. The van der Waals surface area contributed by atoms with Crippen LogP contribution in [-0.4, -0.2) is 17.5 Å². The van der Waals surface area contributed by atoms with Crippen LogP contribution in [0.25, 0.3) is 0 Å². The minimum Gasteiger partial charge on any atom is -0.317 e. The van der Waals surface area contributed by atoms with Gasteiger partial charge in [0.1, 0.15) is 0 Å². The number of hydrogen-bond acceptors (Lipinski definition) is 1. The van der Waals surface area contributed by atoms with E-state index in [1.54, 1.807) is 0 Å². The van der Waals surface area contributed by atoms with Crippen LogP contribution in [0.5, 0.6) is 0 Å². The van der Waals surface area contributed by atoms with Crippen molar-refractivity contribution in [2.45, 2.75) is 19.4 Å². The molecule has 0 aromatic heterocycles. The molecule has 2 amide bonds. The Labute approximate surface area is 133 Å². The number of amides is 2. The summed E-state index contributed by atoms with van der Waals surface area (Å²) in [6.45, 7) is 2.83. The molecule has 1 aliphatic rings. The maximum Gasteiger partial charge on any atom is 0.322 e. The fourth-order valence-corrected chi connectivity index (χ4v) is 3.04. The quantitative estimate of drug-likeness (QED) is 0.805. The van der Waals surface area contributed by atoms with Crippen LogP contribution in [0.2, 0.25) is 0 Å². The number of anilines is 1. The van der Waals surface area contributed by atoms with Gasteiger partial charge in [0.15, 0.2) is 0 Å². The molecular formula is C17H17BrN2O. The van der Waals surface area contributed by atoms with Crippen LogP contribution in [0.15, 0.2) is 53.0 Å². The number of carbonyl (C=O) groups is 1. The molecule has 108 valence electrons. The van der Waals surface area contributed by atoms with Crippen LogP contribution in [0, 0.1) is 0 Å². The zero-order valence-corrected chi connectivity index (χ0v) is 13.4. The highest BCUT2D eigenvalue weighted by molar-refractivity contribution is 9.10. The van der Waals surface area contributed by atoms with E-state index in [0.717, 1.165) is 23.1 Å². The van der Waals surface area contributed by atoms with Crippen LogP contribution < -0.4 is 5.32 Å². The normalized spacial score (nSPS) is 17.2. The van der Waals surface area contributed by atoms with E-state index in [-0.39, 0.29) is 12.1 Å². The summed E-state index contributed by atoms with van der Waals surface area (Å²) in [5.41, 5.74) is 3.40. The number of rotatable bonds is 1. The lowest BCUT2D eigenvalue weighted by atomic mass is 9.94. The van der Waals surface area contributed by atoms with Gasteiger partial charge in [-0.2, -0.15) is 0 Å². The Hall–Kier alpha value is -1.81. The van der Waals surface area contributed by atoms with Crippen LogP contribution in [-0.2, 0) is 6.42 Å². The first kappa shape index (κ1) is 14.1. The van der Waals surface area contributed by atoms with Gasteiger partial charge in [-0.1, -0.05) is 40.2 Å². The number of nitrogens with zero attached hydrogens (tertiary/aromatic N) is 1. The molecule has 1 heterocycles. The third-order valence-electron chi connectivity index (χ3n) is 3.95. The number of halogens is 1. The SMILES string of the molecule is CC1c2ccccc2CCN1C(=O)Nc1ccc(Br)cc1. The van der Waals surface area contributed by atoms with Gasteiger partial charge in [0.2, 0.25) is 0 Å². The van der Waals surface area contributed by atoms with E-state index in [1.807, 2.05) is 35.2 Å². The second-order valence-electron chi connectivity index (χ2n) is 5.26. The van der Waals surface area contributed by atoms with E-state index in [1.165, 1.54) is 11.1 Å². The molecule has 0 spiro atoms. The molecule has 0 fully saturated rings.